The van der Waals surface area contributed by atoms with Crippen LogP contribution in [0.3, 0.4) is 0 Å². The Morgan fingerprint density at radius 2 is 1.97 bits per heavy atom. The molecule has 0 saturated carbocycles. The second-order valence-corrected chi connectivity index (χ2v) is 9.28. The number of nitrogens with zero attached hydrogens (tertiary/aromatic N) is 3. The van der Waals surface area contributed by atoms with Gasteiger partial charge >= 0.3 is 0 Å². The molecule has 2 aromatic carbocycles. The van der Waals surface area contributed by atoms with E-state index in [9.17, 15) is 8.42 Å². The molecule has 3 aromatic heterocycles. The molecule has 0 aliphatic heterocycles. The highest BCUT2D eigenvalue weighted by Crippen LogP contribution is 2.31. The van der Waals surface area contributed by atoms with Crippen LogP contribution in [0.4, 0.5) is 5.69 Å². The molecular weight excluding hydrogens is 406 g/mol. The van der Waals surface area contributed by atoms with Gasteiger partial charge in [-0.15, -0.1) is 11.3 Å². The molecule has 9 heteroatoms. The standard InChI is InChI=1S/C20H15N5O2S2/c1-29(26,27)25-14-4-2-3-13(7-14)17-10-22-20-19(24-17)15(9-21-20)12-5-6-16-18(8-12)28-11-23-16/h2-11,25H,1H3,(H,21,22). The minimum atomic E-state index is -3.35. The van der Waals surface area contributed by atoms with Crippen molar-refractivity contribution in [3.05, 3.63) is 60.4 Å². The number of anilines is 1. The molecule has 7 nitrogen and oxygen atoms in total. The molecule has 144 valence electrons. The van der Waals surface area contributed by atoms with E-state index in [1.165, 1.54) is 0 Å². The topological polar surface area (TPSA) is 101 Å². The van der Waals surface area contributed by atoms with Gasteiger partial charge < -0.3 is 4.98 Å². The number of nitrogens with one attached hydrogen (secondary N) is 2. The number of thiazole rings is 1. The summed E-state index contributed by atoms with van der Waals surface area (Å²) in [5.41, 5.74) is 8.16. The largest absolute Gasteiger partial charge is 0.344 e. The Labute approximate surface area is 170 Å². The van der Waals surface area contributed by atoms with Gasteiger partial charge in [0.05, 0.1) is 33.9 Å². The summed E-state index contributed by atoms with van der Waals surface area (Å²) in [6.07, 6.45) is 4.70. The highest BCUT2D eigenvalue weighted by atomic mass is 32.2. The van der Waals surface area contributed by atoms with Crippen molar-refractivity contribution in [2.75, 3.05) is 11.0 Å². The van der Waals surface area contributed by atoms with Crippen LogP contribution in [0.15, 0.2) is 60.4 Å². The van der Waals surface area contributed by atoms with Crippen LogP contribution in [0.1, 0.15) is 0 Å². The van der Waals surface area contributed by atoms with E-state index in [1.807, 2.05) is 29.9 Å². The number of fused-ring (bicyclic) bond motifs is 2. The van der Waals surface area contributed by atoms with Crippen LogP contribution < -0.4 is 4.72 Å². The monoisotopic (exact) mass is 421 g/mol. The van der Waals surface area contributed by atoms with Crippen LogP contribution in [0.2, 0.25) is 0 Å². The van der Waals surface area contributed by atoms with Crippen molar-refractivity contribution in [1.29, 1.82) is 0 Å². The van der Waals surface area contributed by atoms with Gasteiger partial charge in [0.2, 0.25) is 10.0 Å². The zero-order valence-electron chi connectivity index (χ0n) is 15.2. The molecule has 0 aliphatic rings. The molecule has 0 bridgehead atoms. The van der Waals surface area contributed by atoms with Crippen LogP contribution in [0, 0.1) is 0 Å². The first-order chi connectivity index (χ1) is 14.0. The Bertz CT molecular complexity index is 1470. The minimum absolute atomic E-state index is 0.483. The summed E-state index contributed by atoms with van der Waals surface area (Å²) in [4.78, 5) is 16.8. The summed E-state index contributed by atoms with van der Waals surface area (Å²) in [5.74, 6) is 0. The average Bonchev–Trinajstić information content (AvgIpc) is 3.32. The van der Waals surface area contributed by atoms with Crippen molar-refractivity contribution >= 4 is 48.4 Å². The number of rotatable bonds is 4. The lowest BCUT2D eigenvalue weighted by atomic mass is 10.1. The Morgan fingerprint density at radius 1 is 1.07 bits per heavy atom. The lowest BCUT2D eigenvalue weighted by Gasteiger charge is -2.07. The van der Waals surface area contributed by atoms with Gasteiger partial charge in [-0.2, -0.15) is 0 Å². The molecule has 0 saturated heterocycles. The molecule has 0 unspecified atom stereocenters. The Hall–Kier alpha value is -3.30. The first kappa shape index (κ1) is 17.8. The third kappa shape index (κ3) is 3.45. The second-order valence-electron chi connectivity index (χ2n) is 6.64. The van der Waals surface area contributed by atoms with Gasteiger partial charge in [-0.25, -0.2) is 23.4 Å². The Balaban J connectivity index is 1.60. The van der Waals surface area contributed by atoms with E-state index in [0.717, 1.165) is 38.7 Å². The maximum atomic E-state index is 11.5. The lowest BCUT2D eigenvalue weighted by molar-refractivity contribution is 0.607. The predicted molar refractivity (Wildman–Crippen MR) is 116 cm³/mol. The summed E-state index contributed by atoms with van der Waals surface area (Å²) in [5, 5.41) is 0. The van der Waals surface area contributed by atoms with Crippen molar-refractivity contribution in [3.63, 3.8) is 0 Å². The smallest absolute Gasteiger partial charge is 0.229 e. The van der Waals surface area contributed by atoms with Crippen LogP contribution in [-0.4, -0.2) is 34.6 Å². The Kier molecular flexibility index (Phi) is 4.07. The zero-order valence-corrected chi connectivity index (χ0v) is 16.9. The average molecular weight is 422 g/mol. The van der Waals surface area contributed by atoms with E-state index < -0.39 is 10.0 Å². The van der Waals surface area contributed by atoms with E-state index in [1.54, 1.807) is 35.7 Å². The van der Waals surface area contributed by atoms with Crippen molar-refractivity contribution in [2.45, 2.75) is 0 Å². The molecule has 0 fully saturated rings. The van der Waals surface area contributed by atoms with Crippen molar-refractivity contribution in [1.82, 2.24) is 19.9 Å². The highest BCUT2D eigenvalue weighted by molar-refractivity contribution is 7.92. The van der Waals surface area contributed by atoms with Gasteiger partial charge in [0.15, 0.2) is 5.65 Å². The quantitative estimate of drug-likeness (QED) is 0.451. The summed E-state index contributed by atoms with van der Waals surface area (Å²) < 4.78 is 26.6. The normalized spacial score (nSPS) is 11.9. The lowest BCUT2D eigenvalue weighted by Crippen LogP contribution is -2.09. The van der Waals surface area contributed by atoms with Gasteiger partial charge in [-0.05, 0) is 29.8 Å². The molecule has 3 heterocycles. The molecule has 0 amide bonds. The molecule has 5 rings (SSSR count). The van der Waals surface area contributed by atoms with Crippen molar-refractivity contribution < 1.29 is 8.42 Å². The van der Waals surface area contributed by atoms with Gasteiger partial charge in [-0.1, -0.05) is 18.2 Å². The van der Waals surface area contributed by atoms with Crippen LogP contribution >= 0.6 is 11.3 Å². The molecule has 29 heavy (non-hydrogen) atoms. The number of aromatic nitrogens is 4. The highest BCUT2D eigenvalue weighted by Gasteiger charge is 2.12. The van der Waals surface area contributed by atoms with Crippen molar-refractivity contribution in [2.24, 2.45) is 0 Å². The van der Waals surface area contributed by atoms with Crippen LogP contribution in [-0.2, 0) is 10.0 Å². The van der Waals surface area contributed by atoms with Crippen LogP contribution in [0.25, 0.3) is 43.8 Å². The van der Waals surface area contributed by atoms with E-state index in [-0.39, 0.29) is 0 Å². The minimum Gasteiger partial charge on any atom is -0.344 e. The van der Waals surface area contributed by atoms with E-state index >= 15 is 0 Å². The maximum absolute atomic E-state index is 11.5. The second kappa shape index (κ2) is 6.64. The van der Waals surface area contributed by atoms with Gasteiger partial charge in [0.25, 0.3) is 0 Å². The van der Waals surface area contributed by atoms with E-state index in [2.05, 4.69) is 25.7 Å². The van der Waals surface area contributed by atoms with Crippen LogP contribution in [0.5, 0.6) is 0 Å². The fourth-order valence-corrected chi connectivity index (χ4v) is 4.50. The summed E-state index contributed by atoms with van der Waals surface area (Å²) in [6.45, 7) is 0. The Morgan fingerprint density at radius 3 is 2.83 bits per heavy atom. The number of aromatic amines is 1. The fraction of sp³-hybridized carbons (Fsp3) is 0.0500. The SMILES string of the molecule is CS(=O)(=O)Nc1cccc(-c2cnc3[nH]cc(-c4ccc5ncsc5c4)c3n2)c1. The first-order valence-electron chi connectivity index (χ1n) is 8.72. The summed E-state index contributed by atoms with van der Waals surface area (Å²) in [6, 6.07) is 13.2. The van der Waals surface area contributed by atoms with E-state index in [4.69, 9.17) is 4.98 Å². The first-order valence-corrected chi connectivity index (χ1v) is 11.5. The van der Waals surface area contributed by atoms with E-state index in [0.29, 0.717) is 17.0 Å². The maximum Gasteiger partial charge on any atom is 0.229 e. The summed E-state index contributed by atoms with van der Waals surface area (Å²) in [7, 11) is -3.35. The molecule has 0 spiro atoms. The van der Waals surface area contributed by atoms with Gasteiger partial charge in [0, 0.05) is 23.0 Å². The van der Waals surface area contributed by atoms with Gasteiger partial charge in [0.1, 0.15) is 5.52 Å². The number of hydrogen-bond acceptors (Lipinski definition) is 6. The third-order valence-electron chi connectivity index (χ3n) is 4.48. The number of sulfonamides is 1. The molecule has 0 atom stereocenters. The molecule has 2 N–H and O–H groups in total. The third-order valence-corrected chi connectivity index (χ3v) is 5.88. The molecule has 0 radical (unpaired) electrons. The fourth-order valence-electron chi connectivity index (χ4n) is 3.23. The number of benzene rings is 2. The number of hydrogen-bond donors (Lipinski definition) is 2. The summed E-state index contributed by atoms with van der Waals surface area (Å²) >= 11 is 1.60. The molecular formula is C20H15N5O2S2. The molecule has 5 aromatic rings. The zero-order chi connectivity index (χ0) is 20.0. The predicted octanol–water partition coefficient (Wildman–Crippen LogP) is 4.27. The number of H-pyrrole nitrogens is 1. The van der Waals surface area contributed by atoms with Gasteiger partial charge in [-0.3, -0.25) is 4.72 Å². The molecule has 0 aliphatic carbocycles. The van der Waals surface area contributed by atoms with Crippen molar-refractivity contribution in [3.8, 4) is 22.4 Å².